The number of hydrogen-bond acceptors (Lipinski definition) is 3. The molecule has 7 heteroatoms. The molecular weight excluding hydrogens is 358 g/mol. The van der Waals surface area contributed by atoms with Crippen LogP contribution in [-0.4, -0.2) is 31.3 Å². The van der Waals surface area contributed by atoms with E-state index in [1.807, 2.05) is 12.3 Å². The topological polar surface area (TPSA) is 63.5 Å². The number of aromatic nitrogens is 2. The van der Waals surface area contributed by atoms with Crippen LogP contribution in [0.5, 0.6) is 0 Å². The molecule has 0 spiro atoms. The summed E-state index contributed by atoms with van der Waals surface area (Å²) in [6, 6.07) is 3.78. The van der Waals surface area contributed by atoms with Crippen molar-refractivity contribution in [3.8, 4) is 0 Å². The number of carbonyl (C=O) groups is 1. The Labute approximate surface area is 155 Å². The van der Waals surface area contributed by atoms with Crippen molar-refractivity contribution in [2.24, 2.45) is 11.8 Å². The lowest BCUT2D eigenvalue weighted by Gasteiger charge is -2.34. The van der Waals surface area contributed by atoms with E-state index >= 15 is 0 Å². The highest BCUT2D eigenvalue weighted by molar-refractivity contribution is 7.84. The van der Waals surface area contributed by atoms with Crippen LogP contribution in [0.1, 0.15) is 38.8 Å². The number of rotatable bonds is 5. The maximum Gasteiger partial charge on any atom is 0.232 e. The van der Waals surface area contributed by atoms with Crippen molar-refractivity contribution < 1.29 is 9.00 Å². The number of pyridine rings is 1. The summed E-state index contributed by atoms with van der Waals surface area (Å²) in [5.74, 6) is 1.25. The third-order valence-corrected chi connectivity index (χ3v) is 6.54. The van der Waals surface area contributed by atoms with Gasteiger partial charge in [-0.05, 0) is 30.4 Å². The first kappa shape index (κ1) is 18.4. The second-order valence-electron chi connectivity index (χ2n) is 7.01. The molecule has 4 atom stereocenters. The Hall–Kier alpha value is -1.40. The molecule has 5 nitrogen and oxygen atoms in total. The zero-order chi connectivity index (χ0) is 18.0. The van der Waals surface area contributed by atoms with Crippen LogP contribution in [0.15, 0.2) is 24.5 Å². The van der Waals surface area contributed by atoms with Crippen molar-refractivity contribution >= 4 is 34.0 Å². The van der Waals surface area contributed by atoms with E-state index in [4.69, 9.17) is 11.6 Å². The van der Waals surface area contributed by atoms with Gasteiger partial charge in [0, 0.05) is 29.2 Å². The van der Waals surface area contributed by atoms with Crippen molar-refractivity contribution in [2.45, 2.75) is 44.9 Å². The van der Waals surface area contributed by atoms with E-state index in [0.717, 1.165) is 18.5 Å². The lowest BCUT2D eigenvalue weighted by molar-refractivity contribution is -0.120. The number of nitrogens with one attached hydrogen (secondary N) is 1. The van der Waals surface area contributed by atoms with Gasteiger partial charge in [-0.2, -0.15) is 0 Å². The smallest absolute Gasteiger partial charge is 0.232 e. The third kappa shape index (κ3) is 4.61. The zero-order valence-corrected chi connectivity index (χ0v) is 16.1. The maximum absolute atomic E-state index is 12.3. The Bertz CT molecular complexity index is 792. The van der Waals surface area contributed by atoms with Gasteiger partial charge >= 0.3 is 0 Å². The monoisotopic (exact) mass is 381 g/mol. The number of carbonyl (C=O) groups excluding carboxylic acids is 1. The zero-order valence-electron chi connectivity index (χ0n) is 14.6. The van der Waals surface area contributed by atoms with Crippen LogP contribution >= 0.6 is 11.6 Å². The Balaban J connectivity index is 1.55. The molecule has 1 fully saturated rings. The van der Waals surface area contributed by atoms with E-state index in [1.165, 1.54) is 6.42 Å². The number of halogens is 1. The molecule has 0 saturated heterocycles. The van der Waals surface area contributed by atoms with E-state index in [1.54, 1.807) is 16.7 Å². The fourth-order valence-corrected chi connectivity index (χ4v) is 4.60. The summed E-state index contributed by atoms with van der Waals surface area (Å²) in [5, 5.41) is 3.69. The summed E-state index contributed by atoms with van der Waals surface area (Å²) in [5.41, 5.74) is 1.46. The van der Waals surface area contributed by atoms with Crippen LogP contribution in [0.25, 0.3) is 5.65 Å². The number of amides is 1. The minimum absolute atomic E-state index is 0.0201. The molecule has 136 valence electrons. The van der Waals surface area contributed by atoms with Crippen LogP contribution in [0, 0.1) is 11.8 Å². The molecule has 4 unspecified atom stereocenters. The predicted octanol–water partition coefficient (Wildman–Crippen LogP) is 3.18. The van der Waals surface area contributed by atoms with Gasteiger partial charge in [0.2, 0.25) is 5.91 Å². The molecule has 1 N–H and O–H groups in total. The van der Waals surface area contributed by atoms with Gasteiger partial charge in [-0.3, -0.25) is 9.00 Å². The minimum atomic E-state index is -1.28. The van der Waals surface area contributed by atoms with E-state index in [0.29, 0.717) is 22.6 Å². The molecule has 0 aromatic carbocycles. The van der Waals surface area contributed by atoms with Gasteiger partial charge in [0.25, 0.3) is 0 Å². The Morgan fingerprint density at radius 3 is 2.96 bits per heavy atom. The average Bonchev–Trinajstić information content (AvgIpc) is 2.92. The highest BCUT2D eigenvalue weighted by Crippen LogP contribution is 2.29. The summed E-state index contributed by atoms with van der Waals surface area (Å²) >= 11 is 5.96. The highest BCUT2D eigenvalue weighted by atomic mass is 35.5. The quantitative estimate of drug-likeness (QED) is 0.865. The standard InChI is InChI=1S/C18H24ClN3O2S/c1-12-4-3-5-16(13(12)2)21-18(23)11-25(24)10-15-9-22-8-14(19)6-7-17(22)20-15/h6-9,12-13,16H,3-5,10-11H2,1-2H3,(H,21,23). The summed E-state index contributed by atoms with van der Waals surface area (Å²) in [6.07, 6.45) is 6.94. The molecule has 1 aliphatic rings. The first-order chi connectivity index (χ1) is 11.9. The third-order valence-electron chi connectivity index (χ3n) is 5.12. The Morgan fingerprint density at radius 1 is 1.36 bits per heavy atom. The fraction of sp³-hybridized carbons (Fsp3) is 0.556. The normalized spacial score (nSPS) is 25.0. The van der Waals surface area contributed by atoms with Gasteiger partial charge in [-0.15, -0.1) is 0 Å². The molecule has 1 saturated carbocycles. The van der Waals surface area contributed by atoms with Crippen molar-refractivity contribution in [1.29, 1.82) is 0 Å². The van der Waals surface area contributed by atoms with Gasteiger partial charge in [0.15, 0.2) is 0 Å². The average molecular weight is 382 g/mol. The van der Waals surface area contributed by atoms with Crippen LogP contribution < -0.4 is 5.32 Å². The molecule has 2 aromatic rings. The molecule has 0 radical (unpaired) electrons. The lowest BCUT2D eigenvalue weighted by atomic mass is 9.78. The maximum atomic E-state index is 12.3. The summed E-state index contributed by atoms with van der Waals surface area (Å²) in [7, 11) is -1.28. The van der Waals surface area contributed by atoms with Crippen LogP contribution in [0.3, 0.4) is 0 Å². The van der Waals surface area contributed by atoms with E-state index in [-0.39, 0.29) is 23.5 Å². The molecular formula is C18H24ClN3O2S. The van der Waals surface area contributed by atoms with E-state index < -0.39 is 10.8 Å². The van der Waals surface area contributed by atoms with Crippen molar-refractivity contribution in [3.05, 3.63) is 35.2 Å². The Morgan fingerprint density at radius 2 is 2.16 bits per heavy atom. The van der Waals surface area contributed by atoms with Gasteiger partial charge in [-0.1, -0.05) is 38.3 Å². The van der Waals surface area contributed by atoms with E-state index in [2.05, 4.69) is 24.1 Å². The van der Waals surface area contributed by atoms with Crippen molar-refractivity contribution in [1.82, 2.24) is 14.7 Å². The van der Waals surface area contributed by atoms with Crippen LogP contribution in [0.4, 0.5) is 0 Å². The molecule has 0 aliphatic heterocycles. The predicted molar refractivity (Wildman–Crippen MR) is 101 cm³/mol. The lowest BCUT2D eigenvalue weighted by Crippen LogP contribution is -2.45. The van der Waals surface area contributed by atoms with Crippen molar-refractivity contribution in [3.63, 3.8) is 0 Å². The number of imidazole rings is 1. The number of hydrogen-bond donors (Lipinski definition) is 1. The SMILES string of the molecule is CC1CCCC(NC(=O)CS(=O)Cc2cn3cc(Cl)ccc3n2)C1C. The van der Waals surface area contributed by atoms with E-state index in [9.17, 15) is 9.00 Å². The summed E-state index contributed by atoms with van der Waals surface area (Å²) in [6.45, 7) is 4.42. The summed E-state index contributed by atoms with van der Waals surface area (Å²) in [4.78, 5) is 16.7. The molecule has 25 heavy (non-hydrogen) atoms. The first-order valence-electron chi connectivity index (χ1n) is 8.70. The fourth-order valence-electron chi connectivity index (χ4n) is 3.48. The Kier molecular flexibility index (Phi) is 5.79. The summed E-state index contributed by atoms with van der Waals surface area (Å²) < 4.78 is 14.1. The molecule has 2 aromatic heterocycles. The highest BCUT2D eigenvalue weighted by Gasteiger charge is 2.28. The largest absolute Gasteiger partial charge is 0.352 e. The van der Waals surface area contributed by atoms with Gasteiger partial charge in [-0.25, -0.2) is 4.98 Å². The molecule has 3 rings (SSSR count). The molecule has 2 heterocycles. The first-order valence-corrected chi connectivity index (χ1v) is 10.6. The van der Waals surface area contributed by atoms with Crippen LogP contribution in [0.2, 0.25) is 5.02 Å². The van der Waals surface area contributed by atoms with Crippen molar-refractivity contribution in [2.75, 3.05) is 5.75 Å². The molecule has 1 aliphatic carbocycles. The van der Waals surface area contributed by atoms with Gasteiger partial charge in [0.1, 0.15) is 11.4 Å². The van der Waals surface area contributed by atoms with Crippen LogP contribution in [-0.2, 0) is 21.3 Å². The second-order valence-corrected chi connectivity index (χ2v) is 8.91. The molecule has 1 amide bonds. The number of fused-ring (bicyclic) bond motifs is 1. The second kappa shape index (κ2) is 7.87. The van der Waals surface area contributed by atoms with Gasteiger partial charge in [0.05, 0.1) is 16.5 Å². The number of nitrogens with zero attached hydrogens (tertiary/aromatic N) is 2. The molecule has 0 bridgehead atoms. The minimum Gasteiger partial charge on any atom is -0.352 e. The van der Waals surface area contributed by atoms with Gasteiger partial charge < -0.3 is 9.72 Å².